The average molecular weight is 347 g/mol. The molecule has 0 unspecified atom stereocenters. The fraction of sp³-hybridized carbons (Fsp3) is 0.150. The Hall–Kier alpha value is -3.41. The zero-order chi connectivity index (χ0) is 18.1. The molecule has 0 atom stereocenters. The van der Waals surface area contributed by atoms with Crippen LogP contribution in [0.15, 0.2) is 57.9 Å². The van der Waals surface area contributed by atoms with Crippen molar-refractivity contribution in [2.45, 2.75) is 20.4 Å². The van der Waals surface area contributed by atoms with Gasteiger partial charge in [-0.25, -0.2) is 0 Å². The smallest absolute Gasteiger partial charge is 0.255 e. The van der Waals surface area contributed by atoms with Crippen molar-refractivity contribution < 1.29 is 13.7 Å². The van der Waals surface area contributed by atoms with Gasteiger partial charge in [-0.15, -0.1) is 0 Å². The Balaban J connectivity index is 1.68. The number of aryl methyl sites for hydroxylation is 2. The van der Waals surface area contributed by atoms with Crippen molar-refractivity contribution in [1.29, 1.82) is 0 Å². The van der Waals surface area contributed by atoms with Gasteiger partial charge in [-0.05, 0) is 49.2 Å². The summed E-state index contributed by atoms with van der Waals surface area (Å²) in [7, 11) is 0. The summed E-state index contributed by atoms with van der Waals surface area (Å²) in [5.41, 5.74) is 4.70. The van der Waals surface area contributed by atoms with E-state index in [9.17, 15) is 4.79 Å². The molecule has 0 fully saturated rings. The average Bonchev–Trinajstić information content (AvgIpc) is 3.27. The molecule has 1 aromatic carbocycles. The van der Waals surface area contributed by atoms with Crippen molar-refractivity contribution in [3.8, 4) is 11.1 Å². The van der Waals surface area contributed by atoms with Gasteiger partial charge in [-0.2, -0.15) is 0 Å². The third kappa shape index (κ3) is 2.75. The van der Waals surface area contributed by atoms with Gasteiger partial charge in [0.2, 0.25) is 0 Å². The number of carbonyl (C=O) groups is 1. The van der Waals surface area contributed by atoms with Crippen molar-refractivity contribution in [2.75, 3.05) is 0 Å². The lowest BCUT2D eigenvalue weighted by Crippen LogP contribution is -2.22. The maximum atomic E-state index is 12.6. The molecule has 1 N–H and O–H groups in total. The molecule has 0 saturated carbocycles. The van der Waals surface area contributed by atoms with Crippen LogP contribution in [0.25, 0.3) is 22.1 Å². The summed E-state index contributed by atoms with van der Waals surface area (Å²) in [6, 6.07) is 9.27. The zero-order valence-electron chi connectivity index (χ0n) is 14.4. The van der Waals surface area contributed by atoms with E-state index in [2.05, 4.69) is 15.5 Å². The van der Waals surface area contributed by atoms with Crippen LogP contribution in [0.2, 0.25) is 0 Å². The number of nitrogens with one attached hydrogen (secondary N) is 1. The number of rotatable bonds is 4. The molecule has 130 valence electrons. The molecular weight excluding hydrogens is 330 g/mol. The largest absolute Gasteiger partial charge is 0.463 e. The molecule has 6 nitrogen and oxygen atoms in total. The number of hydrogen-bond acceptors (Lipinski definition) is 5. The van der Waals surface area contributed by atoms with Gasteiger partial charge in [0.05, 0.1) is 17.5 Å². The molecule has 1 amide bonds. The second-order valence-corrected chi connectivity index (χ2v) is 6.06. The minimum Gasteiger partial charge on any atom is -0.463 e. The highest BCUT2D eigenvalue weighted by Crippen LogP contribution is 2.35. The molecule has 4 rings (SSSR count). The fourth-order valence-corrected chi connectivity index (χ4v) is 3.10. The van der Waals surface area contributed by atoms with Crippen LogP contribution >= 0.6 is 0 Å². The molecule has 0 radical (unpaired) electrons. The lowest BCUT2D eigenvalue weighted by molar-refractivity contribution is 0.0951. The Labute approximate surface area is 149 Å². The monoisotopic (exact) mass is 347 g/mol. The highest BCUT2D eigenvalue weighted by atomic mass is 16.5. The van der Waals surface area contributed by atoms with Crippen LogP contribution < -0.4 is 5.32 Å². The standard InChI is InChI=1S/C20H17N3O3/c1-12-18(13(2)26-23-12)15-3-4-17(19-16(15)7-10-25-19)20(24)22-11-14-5-8-21-9-6-14/h3-10H,11H2,1-2H3,(H,22,24). The Morgan fingerprint density at radius 3 is 2.65 bits per heavy atom. The van der Waals surface area contributed by atoms with Crippen molar-refractivity contribution in [3.05, 3.63) is 71.6 Å². The highest BCUT2D eigenvalue weighted by molar-refractivity contribution is 6.09. The van der Waals surface area contributed by atoms with Crippen LogP contribution in [0.5, 0.6) is 0 Å². The van der Waals surface area contributed by atoms with Gasteiger partial charge >= 0.3 is 0 Å². The van der Waals surface area contributed by atoms with Crippen LogP contribution in [0.1, 0.15) is 27.4 Å². The molecule has 0 aliphatic heterocycles. The van der Waals surface area contributed by atoms with Gasteiger partial charge in [-0.1, -0.05) is 11.2 Å². The first-order valence-corrected chi connectivity index (χ1v) is 8.25. The predicted octanol–water partition coefficient (Wildman–Crippen LogP) is 4.03. The maximum absolute atomic E-state index is 12.6. The number of hydrogen-bond donors (Lipinski definition) is 1. The van der Waals surface area contributed by atoms with Gasteiger partial charge in [0.25, 0.3) is 5.91 Å². The predicted molar refractivity (Wildman–Crippen MR) is 96.6 cm³/mol. The Morgan fingerprint density at radius 2 is 1.92 bits per heavy atom. The van der Waals surface area contributed by atoms with Crippen LogP contribution in [0.3, 0.4) is 0 Å². The summed E-state index contributed by atoms with van der Waals surface area (Å²) in [4.78, 5) is 16.6. The summed E-state index contributed by atoms with van der Waals surface area (Å²) < 4.78 is 10.9. The van der Waals surface area contributed by atoms with Crippen LogP contribution in [0, 0.1) is 13.8 Å². The molecule has 3 aromatic heterocycles. The van der Waals surface area contributed by atoms with Crippen LogP contribution in [-0.2, 0) is 6.54 Å². The minimum absolute atomic E-state index is 0.188. The van der Waals surface area contributed by atoms with Crippen molar-refractivity contribution in [2.24, 2.45) is 0 Å². The first-order valence-electron chi connectivity index (χ1n) is 8.25. The van der Waals surface area contributed by atoms with E-state index >= 15 is 0 Å². The number of benzene rings is 1. The molecule has 0 aliphatic rings. The van der Waals surface area contributed by atoms with E-state index in [-0.39, 0.29) is 5.91 Å². The quantitative estimate of drug-likeness (QED) is 0.603. The number of furan rings is 1. The SMILES string of the molecule is Cc1noc(C)c1-c1ccc(C(=O)NCc2ccncc2)c2occc12. The van der Waals surface area contributed by atoms with Crippen molar-refractivity contribution >= 4 is 16.9 Å². The number of pyridine rings is 1. The number of amides is 1. The molecule has 0 bridgehead atoms. The number of nitrogens with zero attached hydrogens (tertiary/aromatic N) is 2. The second kappa shape index (κ2) is 6.48. The van der Waals surface area contributed by atoms with Crippen molar-refractivity contribution in [3.63, 3.8) is 0 Å². The highest BCUT2D eigenvalue weighted by Gasteiger charge is 2.19. The first kappa shape index (κ1) is 16.1. The van der Waals surface area contributed by atoms with E-state index in [0.29, 0.717) is 17.7 Å². The van der Waals surface area contributed by atoms with Gasteiger partial charge in [0.1, 0.15) is 11.3 Å². The van der Waals surface area contributed by atoms with E-state index < -0.39 is 0 Å². The molecule has 26 heavy (non-hydrogen) atoms. The van der Waals surface area contributed by atoms with E-state index in [1.165, 1.54) is 0 Å². The normalized spacial score (nSPS) is 11.0. The van der Waals surface area contributed by atoms with Gasteiger partial charge in [-0.3, -0.25) is 9.78 Å². The Bertz CT molecular complexity index is 1060. The summed E-state index contributed by atoms with van der Waals surface area (Å²) in [6.45, 7) is 4.19. The Kier molecular flexibility index (Phi) is 4.01. The van der Waals surface area contributed by atoms with Gasteiger partial charge < -0.3 is 14.3 Å². The summed E-state index contributed by atoms with van der Waals surface area (Å²) in [6.07, 6.45) is 4.99. The zero-order valence-corrected chi connectivity index (χ0v) is 14.4. The third-order valence-corrected chi connectivity index (χ3v) is 4.37. The van der Waals surface area contributed by atoms with Crippen molar-refractivity contribution in [1.82, 2.24) is 15.5 Å². The lowest BCUT2D eigenvalue weighted by Gasteiger charge is -2.08. The minimum atomic E-state index is -0.188. The van der Waals surface area contributed by atoms with E-state index in [1.54, 1.807) is 24.7 Å². The van der Waals surface area contributed by atoms with Crippen LogP contribution in [-0.4, -0.2) is 16.0 Å². The number of fused-ring (bicyclic) bond motifs is 1. The molecule has 0 aliphatic carbocycles. The lowest BCUT2D eigenvalue weighted by atomic mass is 9.98. The third-order valence-electron chi connectivity index (χ3n) is 4.37. The topological polar surface area (TPSA) is 81.2 Å². The summed E-state index contributed by atoms with van der Waals surface area (Å²) in [5.74, 6) is 0.548. The summed E-state index contributed by atoms with van der Waals surface area (Å²) >= 11 is 0. The van der Waals surface area contributed by atoms with E-state index in [1.807, 2.05) is 38.1 Å². The molecule has 3 heterocycles. The molecular formula is C20H17N3O3. The summed E-state index contributed by atoms with van der Waals surface area (Å²) in [5, 5.41) is 7.79. The van der Waals surface area contributed by atoms with E-state index in [4.69, 9.17) is 8.94 Å². The number of carbonyl (C=O) groups excluding carboxylic acids is 1. The van der Waals surface area contributed by atoms with Gasteiger partial charge in [0.15, 0.2) is 0 Å². The van der Waals surface area contributed by atoms with E-state index in [0.717, 1.165) is 33.5 Å². The first-order chi connectivity index (χ1) is 12.6. The molecule has 0 saturated heterocycles. The molecule has 6 heteroatoms. The molecule has 0 spiro atoms. The second-order valence-electron chi connectivity index (χ2n) is 6.06. The maximum Gasteiger partial charge on any atom is 0.255 e. The van der Waals surface area contributed by atoms with Crippen LogP contribution in [0.4, 0.5) is 0 Å². The Morgan fingerprint density at radius 1 is 1.12 bits per heavy atom. The number of aromatic nitrogens is 2. The van der Waals surface area contributed by atoms with Gasteiger partial charge in [0, 0.05) is 29.9 Å². The fourth-order valence-electron chi connectivity index (χ4n) is 3.10. The molecule has 4 aromatic rings.